The van der Waals surface area contributed by atoms with Crippen LogP contribution in [0.3, 0.4) is 0 Å². The molecule has 2 aromatic rings. The summed E-state index contributed by atoms with van der Waals surface area (Å²) in [5.41, 5.74) is 0.828. The average Bonchev–Trinajstić information content (AvgIpc) is 3.23. The van der Waals surface area contributed by atoms with Gasteiger partial charge in [0.15, 0.2) is 5.13 Å². The first-order chi connectivity index (χ1) is 15.0. The predicted octanol–water partition coefficient (Wildman–Crippen LogP) is 4.99. The molecule has 0 bridgehead atoms. The summed E-state index contributed by atoms with van der Waals surface area (Å²) in [6.45, 7) is 6.29. The lowest BCUT2D eigenvalue weighted by atomic mass is 9.54. The monoisotopic (exact) mass is 498 g/mol. The first-order valence-corrected chi connectivity index (χ1v) is 13.4. The number of sulfonamides is 1. The SMILES string of the molecule is C[C@@H]1C(=O)O[C@@H]2[C@H]1CC[C@]1(C)Cc3sc(NS(=O)(=O)c4ccc(F)c(Cl)c4)nc3[C@H](C)[C@H]21. The number of aromatic nitrogens is 1. The number of carbonyl (C=O) groups excluding carboxylic acids is 1. The van der Waals surface area contributed by atoms with Crippen LogP contribution in [0.25, 0.3) is 0 Å². The maximum atomic E-state index is 13.4. The van der Waals surface area contributed by atoms with Crippen LogP contribution >= 0.6 is 22.9 Å². The highest BCUT2D eigenvalue weighted by Gasteiger charge is 2.58. The molecular weight excluding hydrogens is 475 g/mol. The molecule has 1 saturated heterocycles. The van der Waals surface area contributed by atoms with Crippen LogP contribution in [0.4, 0.5) is 9.52 Å². The van der Waals surface area contributed by atoms with Crippen LogP contribution in [0, 0.1) is 29.0 Å². The van der Waals surface area contributed by atoms with E-state index in [1.54, 1.807) is 0 Å². The van der Waals surface area contributed by atoms with Gasteiger partial charge in [-0.3, -0.25) is 9.52 Å². The third-order valence-electron chi connectivity index (χ3n) is 7.58. The van der Waals surface area contributed by atoms with E-state index in [0.29, 0.717) is 0 Å². The molecule has 6 atom stereocenters. The zero-order valence-corrected chi connectivity index (χ0v) is 20.3. The summed E-state index contributed by atoms with van der Waals surface area (Å²) in [5, 5.41) is 0.0182. The number of hydrogen-bond donors (Lipinski definition) is 1. The molecule has 10 heteroatoms. The van der Waals surface area contributed by atoms with Gasteiger partial charge in [-0.1, -0.05) is 32.4 Å². The Morgan fingerprint density at radius 3 is 2.78 bits per heavy atom. The van der Waals surface area contributed by atoms with E-state index >= 15 is 0 Å². The molecule has 1 saturated carbocycles. The molecule has 0 unspecified atom stereocenters. The molecule has 1 N–H and O–H groups in total. The summed E-state index contributed by atoms with van der Waals surface area (Å²) in [6.07, 6.45) is 2.60. The van der Waals surface area contributed by atoms with Crippen molar-refractivity contribution in [2.24, 2.45) is 23.2 Å². The van der Waals surface area contributed by atoms with E-state index in [1.165, 1.54) is 17.4 Å². The Bertz CT molecular complexity index is 1220. The van der Waals surface area contributed by atoms with Gasteiger partial charge in [0, 0.05) is 22.6 Å². The van der Waals surface area contributed by atoms with Crippen molar-refractivity contribution in [2.45, 2.75) is 57.0 Å². The van der Waals surface area contributed by atoms with Gasteiger partial charge in [-0.25, -0.2) is 17.8 Å². The Hall–Kier alpha value is -1.71. The molecular formula is C22H24ClFN2O4S2. The van der Waals surface area contributed by atoms with Gasteiger partial charge in [-0.15, -0.1) is 11.3 Å². The summed E-state index contributed by atoms with van der Waals surface area (Å²) >= 11 is 7.09. The predicted molar refractivity (Wildman–Crippen MR) is 120 cm³/mol. The summed E-state index contributed by atoms with van der Waals surface area (Å²) in [6, 6.07) is 3.28. The second-order valence-electron chi connectivity index (χ2n) is 9.55. The Morgan fingerprint density at radius 1 is 1.31 bits per heavy atom. The molecule has 1 aromatic heterocycles. The standard InChI is InChI=1S/C22H24ClFN2O4S2/c1-10-13-6-7-22(3)9-16-18(11(2)17(22)19(13)30-20(10)27)25-21(31-16)26-32(28,29)12-4-5-15(24)14(23)8-12/h4-5,8,10-11,13,17,19H,6-7,9H2,1-3H3,(H,25,26)/t10-,11+,13-,17+,19+,22+/m0/s1. The van der Waals surface area contributed by atoms with Crippen LogP contribution in [0.5, 0.6) is 0 Å². The second kappa shape index (κ2) is 7.40. The molecule has 32 heavy (non-hydrogen) atoms. The summed E-state index contributed by atoms with van der Waals surface area (Å²) in [5.74, 6) is -0.482. The van der Waals surface area contributed by atoms with E-state index in [0.717, 1.165) is 42.0 Å². The zero-order chi connectivity index (χ0) is 23.0. The number of fused-ring (bicyclic) bond motifs is 4. The van der Waals surface area contributed by atoms with E-state index in [4.69, 9.17) is 16.3 Å². The minimum atomic E-state index is -3.96. The number of benzene rings is 1. The molecule has 1 aliphatic heterocycles. The average molecular weight is 499 g/mol. The number of esters is 1. The van der Waals surface area contributed by atoms with Crippen LogP contribution in [0.2, 0.25) is 5.02 Å². The highest BCUT2D eigenvalue weighted by Crippen LogP contribution is 2.59. The van der Waals surface area contributed by atoms with Crippen molar-refractivity contribution in [1.82, 2.24) is 4.98 Å². The minimum Gasteiger partial charge on any atom is -0.461 e. The molecule has 172 valence electrons. The van der Waals surface area contributed by atoms with Crippen LogP contribution < -0.4 is 4.72 Å². The van der Waals surface area contributed by atoms with E-state index in [-0.39, 0.29) is 56.2 Å². The lowest BCUT2D eigenvalue weighted by molar-refractivity contribution is -0.149. The number of carbonyl (C=O) groups is 1. The van der Waals surface area contributed by atoms with Gasteiger partial charge < -0.3 is 4.74 Å². The fourth-order valence-corrected chi connectivity index (χ4v) is 8.71. The topological polar surface area (TPSA) is 85.4 Å². The van der Waals surface area contributed by atoms with Crippen molar-refractivity contribution in [3.8, 4) is 0 Å². The molecule has 2 aliphatic carbocycles. The van der Waals surface area contributed by atoms with Crippen LogP contribution in [0.15, 0.2) is 23.1 Å². The lowest BCUT2D eigenvalue weighted by Crippen LogP contribution is -2.50. The Kier molecular flexibility index (Phi) is 5.11. The molecule has 2 heterocycles. The summed E-state index contributed by atoms with van der Waals surface area (Å²) in [7, 11) is -3.96. The third-order valence-corrected chi connectivity index (χ3v) is 10.3. The molecule has 0 radical (unpaired) electrons. The minimum absolute atomic E-state index is 0.0319. The number of thiazole rings is 1. The molecule has 3 aliphatic rings. The summed E-state index contributed by atoms with van der Waals surface area (Å²) in [4.78, 5) is 17.8. The number of anilines is 1. The largest absolute Gasteiger partial charge is 0.461 e. The highest BCUT2D eigenvalue weighted by molar-refractivity contribution is 7.93. The normalized spacial score (nSPS) is 33.8. The molecule has 1 aromatic carbocycles. The third kappa shape index (κ3) is 3.35. The number of halogens is 2. The molecule has 0 spiro atoms. The number of rotatable bonds is 3. The molecule has 0 amide bonds. The molecule has 5 rings (SSSR count). The number of nitrogens with zero attached hydrogens (tertiary/aromatic N) is 1. The van der Waals surface area contributed by atoms with Gasteiger partial charge in [0.1, 0.15) is 11.9 Å². The van der Waals surface area contributed by atoms with Crippen molar-refractivity contribution in [2.75, 3.05) is 4.72 Å². The van der Waals surface area contributed by atoms with Crippen molar-refractivity contribution >= 4 is 44.1 Å². The Morgan fingerprint density at radius 2 is 2.06 bits per heavy atom. The van der Waals surface area contributed by atoms with Crippen LogP contribution in [-0.4, -0.2) is 25.5 Å². The number of nitrogens with one attached hydrogen (secondary N) is 1. The van der Waals surface area contributed by atoms with E-state index in [9.17, 15) is 17.6 Å². The van der Waals surface area contributed by atoms with Crippen LogP contribution in [-0.2, 0) is 26.0 Å². The quantitative estimate of drug-likeness (QED) is 0.602. The van der Waals surface area contributed by atoms with Gasteiger partial charge in [-0.2, -0.15) is 0 Å². The van der Waals surface area contributed by atoms with Gasteiger partial charge in [0.2, 0.25) is 0 Å². The van der Waals surface area contributed by atoms with Crippen LogP contribution in [0.1, 0.15) is 50.1 Å². The lowest BCUT2D eigenvalue weighted by Gasteiger charge is -2.51. The van der Waals surface area contributed by atoms with Gasteiger partial charge in [0.25, 0.3) is 10.0 Å². The van der Waals surface area contributed by atoms with Gasteiger partial charge in [0.05, 0.1) is 21.5 Å². The van der Waals surface area contributed by atoms with Gasteiger partial charge >= 0.3 is 5.97 Å². The summed E-state index contributed by atoms with van der Waals surface area (Å²) < 4.78 is 47.4. The number of ether oxygens (including phenoxy) is 1. The Labute approximate surface area is 195 Å². The highest BCUT2D eigenvalue weighted by atomic mass is 35.5. The second-order valence-corrected chi connectivity index (χ2v) is 12.7. The number of hydrogen-bond acceptors (Lipinski definition) is 6. The first-order valence-electron chi connectivity index (χ1n) is 10.7. The zero-order valence-electron chi connectivity index (χ0n) is 17.9. The van der Waals surface area contributed by atoms with E-state index in [1.807, 2.05) is 6.92 Å². The first kappa shape index (κ1) is 22.1. The maximum Gasteiger partial charge on any atom is 0.309 e. The fourth-order valence-electron chi connectivity index (χ4n) is 5.94. The van der Waals surface area contributed by atoms with E-state index < -0.39 is 15.8 Å². The fraction of sp³-hybridized carbons (Fsp3) is 0.545. The van der Waals surface area contributed by atoms with Crippen molar-refractivity contribution < 1.29 is 22.3 Å². The van der Waals surface area contributed by atoms with Crippen molar-refractivity contribution in [3.63, 3.8) is 0 Å². The molecule has 2 fully saturated rings. The van der Waals surface area contributed by atoms with Crippen molar-refractivity contribution in [1.29, 1.82) is 0 Å². The molecule has 6 nitrogen and oxygen atoms in total. The van der Waals surface area contributed by atoms with Gasteiger partial charge in [-0.05, 0) is 42.9 Å². The van der Waals surface area contributed by atoms with E-state index in [2.05, 4.69) is 23.6 Å². The Balaban J connectivity index is 1.46. The maximum absolute atomic E-state index is 13.4. The van der Waals surface area contributed by atoms with Crippen molar-refractivity contribution in [3.05, 3.63) is 39.6 Å². The smallest absolute Gasteiger partial charge is 0.309 e.